The van der Waals surface area contributed by atoms with Crippen LogP contribution in [-0.2, 0) is 4.79 Å². The predicted octanol–water partition coefficient (Wildman–Crippen LogP) is 1.84. The van der Waals surface area contributed by atoms with Crippen LogP contribution in [0.15, 0.2) is 22.7 Å². The third-order valence-electron chi connectivity index (χ3n) is 1.82. The summed E-state index contributed by atoms with van der Waals surface area (Å²) in [4.78, 5) is 10.6. The maximum absolute atomic E-state index is 10.6. The first-order chi connectivity index (χ1) is 6.02. The first kappa shape index (κ1) is 10.2. The van der Waals surface area contributed by atoms with E-state index in [9.17, 15) is 4.79 Å². The van der Waals surface area contributed by atoms with Gasteiger partial charge in [-0.3, -0.25) is 4.79 Å². The van der Waals surface area contributed by atoms with Crippen LogP contribution in [0.5, 0.6) is 0 Å². The Morgan fingerprint density at radius 1 is 1.62 bits per heavy atom. The standard InChI is InChI=1S/C9H10BrNO2/c1-5-2-3-6(4-7(5)10)8(11)9(12)13/h2-4,8H,11H2,1H3,(H,12,13)/t8-/m0/s1. The Kier molecular flexibility index (Phi) is 3.06. The number of hydrogen-bond acceptors (Lipinski definition) is 2. The minimum Gasteiger partial charge on any atom is -0.480 e. The normalized spacial score (nSPS) is 12.5. The Hall–Kier alpha value is -0.870. The van der Waals surface area contributed by atoms with Crippen LogP contribution in [-0.4, -0.2) is 11.1 Å². The molecule has 0 amide bonds. The van der Waals surface area contributed by atoms with E-state index in [1.165, 1.54) is 0 Å². The Labute approximate surface area is 84.7 Å². The molecule has 1 aromatic rings. The summed E-state index contributed by atoms with van der Waals surface area (Å²) in [5.74, 6) is -1.02. The van der Waals surface area contributed by atoms with Gasteiger partial charge in [-0.05, 0) is 24.1 Å². The highest BCUT2D eigenvalue weighted by atomic mass is 79.9. The molecular weight excluding hydrogens is 234 g/mol. The number of carboxylic acids is 1. The molecule has 0 unspecified atom stereocenters. The van der Waals surface area contributed by atoms with E-state index in [1.807, 2.05) is 13.0 Å². The molecule has 0 aliphatic heterocycles. The zero-order valence-corrected chi connectivity index (χ0v) is 8.71. The third kappa shape index (κ3) is 2.29. The molecule has 4 heteroatoms. The largest absolute Gasteiger partial charge is 0.480 e. The lowest BCUT2D eigenvalue weighted by Gasteiger charge is -2.07. The van der Waals surface area contributed by atoms with Gasteiger partial charge in [-0.2, -0.15) is 0 Å². The highest BCUT2D eigenvalue weighted by Gasteiger charge is 2.14. The molecule has 0 fully saturated rings. The summed E-state index contributed by atoms with van der Waals surface area (Å²) >= 11 is 3.31. The molecule has 70 valence electrons. The van der Waals surface area contributed by atoms with Gasteiger partial charge in [0.05, 0.1) is 0 Å². The highest BCUT2D eigenvalue weighted by molar-refractivity contribution is 9.10. The van der Waals surface area contributed by atoms with Crippen LogP contribution < -0.4 is 5.73 Å². The van der Waals surface area contributed by atoms with Crippen LogP contribution >= 0.6 is 15.9 Å². The van der Waals surface area contributed by atoms with Gasteiger partial charge in [0.1, 0.15) is 6.04 Å². The number of carboxylic acid groups (broad SMARTS) is 1. The van der Waals surface area contributed by atoms with Gasteiger partial charge in [-0.1, -0.05) is 28.1 Å². The molecule has 0 bridgehead atoms. The zero-order chi connectivity index (χ0) is 10.0. The number of halogens is 1. The van der Waals surface area contributed by atoms with Gasteiger partial charge in [0.15, 0.2) is 0 Å². The fourth-order valence-electron chi connectivity index (χ4n) is 0.945. The topological polar surface area (TPSA) is 63.3 Å². The molecule has 3 N–H and O–H groups in total. The summed E-state index contributed by atoms with van der Waals surface area (Å²) in [6.45, 7) is 1.93. The number of aryl methyl sites for hydroxylation is 1. The fourth-order valence-corrected chi connectivity index (χ4v) is 1.34. The number of rotatable bonds is 2. The molecule has 0 heterocycles. The third-order valence-corrected chi connectivity index (χ3v) is 2.68. The van der Waals surface area contributed by atoms with E-state index in [4.69, 9.17) is 10.8 Å². The molecule has 1 aromatic carbocycles. The lowest BCUT2D eigenvalue weighted by molar-refractivity contribution is -0.138. The van der Waals surface area contributed by atoms with Crippen molar-refractivity contribution < 1.29 is 9.90 Å². The van der Waals surface area contributed by atoms with Gasteiger partial charge in [0.2, 0.25) is 0 Å². The van der Waals surface area contributed by atoms with Crippen molar-refractivity contribution in [3.8, 4) is 0 Å². The van der Waals surface area contributed by atoms with Gasteiger partial charge >= 0.3 is 5.97 Å². The highest BCUT2D eigenvalue weighted by Crippen LogP contribution is 2.20. The van der Waals surface area contributed by atoms with Gasteiger partial charge in [-0.25, -0.2) is 0 Å². The van der Waals surface area contributed by atoms with Gasteiger partial charge in [0, 0.05) is 4.47 Å². The number of benzene rings is 1. The van der Waals surface area contributed by atoms with Crippen LogP contribution in [0.1, 0.15) is 17.2 Å². The minimum atomic E-state index is -1.02. The van der Waals surface area contributed by atoms with Crippen LogP contribution in [0.3, 0.4) is 0 Å². The van der Waals surface area contributed by atoms with Crippen LogP contribution in [0.2, 0.25) is 0 Å². The Morgan fingerprint density at radius 3 is 2.69 bits per heavy atom. The quantitative estimate of drug-likeness (QED) is 0.834. The molecule has 0 spiro atoms. The SMILES string of the molecule is Cc1ccc([C@H](N)C(=O)O)cc1Br. The second-order valence-electron chi connectivity index (χ2n) is 2.82. The number of aliphatic carboxylic acids is 1. The molecule has 3 nitrogen and oxygen atoms in total. The first-order valence-electron chi connectivity index (χ1n) is 3.77. The van der Waals surface area contributed by atoms with E-state index in [2.05, 4.69) is 15.9 Å². The molecule has 0 aromatic heterocycles. The van der Waals surface area contributed by atoms with Gasteiger partial charge in [0.25, 0.3) is 0 Å². The molecule has 0 radical (unpaired) electrons. The number of carbonyl (C=O) groups is 1. The number of nitrogens with two attached hydrogens (primary N) is 1. The Morgan fingerprint density at radius 2 is 2.23 bits per heavy atom. The minimum absolute atomic E-state index is 0.602. The van der Waals surface area contributed by atoms with Crippen molar-refractivity contribution in [3.63, 3.8) is 0 Å². The van der Waals surface area contributed by atoms with Crippen molar-refractivity contribution in [2.45, 2.75) is 13.0 Å². The first-order valence-corrected chi connectivity index (χ1v) is 4.56. The lowest BCUT2D eigenvalue weighted by atomic mass is 10.1. The van der Waals surface area contributed by atoms with E-state index in [0.29, 0.717) is 5.56 Å². The molecule has 0 aliphatic rings. The molecule has 0 aliphatic carbocycles. The smallest absolute Gasteiger partial charge is 0.325 e. The molecular formula is C9H10BrNO2. The van der Waals surface area contributed by atoms with E-state index in [-0.39, 0.29) is 0 Å². The number of hydrogen-bond donors (Lipinski definition) is 2. The van der Waals surface area contributed by atoms with Crippen molar-refractivity contribution >= 4 is 21.9 Å². The summed E-state index contributed by atoms with van der Waals surface area (Å²) in [7, 11) is 0. The predicted molar refractivity (Wildman–Crippen MR) is 53.4 cm³/mol. The van der Waals surface area contributed by atoms with Crippen molar-refractivity contribution in [2.24, 2.45) is 5.73 Å². The summed E-state index contributed by atoms with van der Waals surface area (Å²) in [6, 6.07) is 4.34. The van der Waals surface area contributed by atoms with E-state index < -0.39 is 12.0 Å². The average molecular weight is 244 g/mol. The maximum Gasteiger partial charge on any atom is 0.325 e. The molecule has 1 atom stereocenters. The summed E-state index contributed by atoms with van der Waals surface area (Å²) in [6.07, 6.45) is 0. The van der Waals surface area contributed by atoms with Crippen molar-refractivity contribution in [1.82, 2.24) is 0 Å². The van der Waals surface area contributed by atoms with Gasteiger partial charge in [-0.15, -0.1) is 0 Å². The molecule has 13 heavy (non-hydrogen) atoms. The van der Waals surface area contributed by atoms with Crippen LogP contribution in [0.4, 0.5) is 0 Å². The van der Waals surface area contributed by atoms with Crippen LogP contribution in [0, 0.1) is 6.92 Å². The molecule has 1 rings (SSSR count). The zero-order valence-electron chi connectivity index (χ0n) is 7.12. The van der Waals surface area contributed by atoms with Crippen molar-refractivity contribution in [2.75, 3.05) is 0 Å². The van der Waals surface area contributed by atoms with E-state index in [1.54, 1.807) is 12.1 Å². The lowest BCUT2D eigenvalue weighted by Crippen LogP contribution is -2.20. The molecule has 0 saturated carbocycles. The average Bonchev–Trinajstić information content (AvgIpc) is 2.08. The summed E-state index contributed by atoms with van der Waals surface area (Å²) in [5, 5.41) is 8.66. The van der Waals surface area contributed by atoms with Gasteiger partial charge < -0.3 is 10.8 Å². The second-order valence-corrected chi connectivity index (χ2v) is 3.68. The second kappa shape index (κ2) is 3.89. The van der Waals surface area contributed by atoms with Crippen LogP contribution in [0.25, 0.3) is 0 Å². The Bertz CT molecular complexity index is 338. The van der Waals surface area contributed by atoms with E-state index in [0.717, 1.165) is 10.0 Å². The van der Waals surface area contributed by atoms with Crippen molar-refractivity contribution in [3.05, 3.63) is 33.8 Å². The van der Waals surface area contributed by atoms with Crippen molar-refractivity contribution in [1.29, 1.82) is 0 Å². The maximum atomic E-state index is 10.6. The molecule has 0 saturated heterocycles. The fraction of sp³-hybridized carbons (Fsp3) is 0.222. The summed E-state index contributed by atoms with van der Waals surface area (Å²) in [5.41, 5.74) is 7.09. The Balaban J connectivity index is 3.03. The van der Waals surface area contributed by atoms with E-state index >= 15 is 0 Å². The monoisotopic (exact) mass is 243 g/mol. The summed E-state index contributed by atoms with van der Waals surface area (Å²) < 4.78 is 0.877.